The Morgan fingerprint density at radius 1 is 1.42 bits per heavy atom. The molecular weight excluding hydrogens is 256 g/mol. The van der Waals surface area contributed by atoms with Gasteiger partial charge in [0.1, 0.15) is 0 Å². The number of hydrogen-bond donors (Lipinski definition) is 1. The number of piperidine rings is 1. The highest BCUT2D eigenvalue weighted by Gasteiger charge is 2.30. The molecule has 1 aliphatic rings. The SMILES string of the molecule is C[C@@H]1CCC[C@H](C)N1C(=O)c1ccc(C#CCN)s1. The summed E-state index contributed by atoms with van der Waals surface area (Å²) in [6.07, 6.45) is 3.41. The molecule has 1 fully saturated rings. The van der Waals surface area contributed by atoms with Crippen molar-refractivity contribution in [2.75, 3.05) is 6.54 Å². The molecule has 1 aromatic heterocycles. The summed E-state index contributed by atoms with van der Waals surface area (Å²) in [5, 5.41) is 0. The topological polar surface area (TPSA) is 46.3 Å². The molecule has 1 saturated heterocycles. The van der Waals surface area contributed by atoms with Crippen molar-refractivity contribution in [1.82, 2.24) is 4.90 Å². The molecule has 0 bridgehead atoms. The van der Waals surface area contributed by atoms with E-state index < -0.39 is 0 Å². The maximum atomic E-state index is 12.6. The Labute approximate surface area is 118 Å². The number of rotatable bonds is 1. The lowest BCUT2D eigenvalue weighted by atomic mass is 9.97. The molecule has 2 N–H and O–H groups in total. The maximum Gasteiger partial charge on any atom is 0.264 e. The van der Waals surface area contributed by atoms with Gasteiger partial charge in [-0.2, -0.15) is 0 Å². The molecule has 2 atom stereocenters. The number of nitrogens with zero attached hydrogens (tertiary/aromatic N) is 1. The summed E-state index contributed by atoms with van der Waals surface area (Å²) in [5.74, 6) is 5.94. The van der Waals surface area contributed by atoms with E-state index in [1.54, 1.807) is 0 Å². The van der Waals surface area contributed by atoms with Gasteiger partial charge < -0.3 is 10.6 Å². The summed E-state index contributed by atoms with van der Waals surface area (Å²) in [6, 6.07) is 4.44. The normalized spacial score (nSPS) is 22.8. The molecule has 0 spiro atoms. The van der Waals surface area contributed by atoms with Crippen molar-refractivity contribution in [1.29, 1.82) is 0 Å². The van der Waals surface area contributed by atoms with Gasteiger partial charge >= 0.3 is 0 Å². The fourth-order valence-corrected chi connectivity index (χ4v) is 3.43. The minimum atomic E-state index is 0.144. The second-order valence-electron chi connectivity index (χ2n) is 5.01. The van der Waals surface area contributed by atoms with Gasteiger partial charge in [0.05, 0.1) is 16.3 Å². The van der Waals surface area contributed by atoms with Crippen LogP contribution in [-0.4, -0.2) is 29.4 Å². The molecule has 0 aromatic carbocycles. The van der Waals surface area contributed by atoms with Gasteiger partial charge in [-0.1, -0.05) is 11.8 Å². The third kappa shape index (κ3) is 3.17. The van der Waals surface area contributed by atoms with E-state index in [0.29, 0.717) is 18.6 Å². The van der Waals surface area contributed by atoms with Crippen LogP contribution < -0.4 is 5.73 Å². The van der Waals surface area contributed by atoms with E-state index in [4.69, 9.17) is 5.73 Å². The van der Waals surface area contributed by atoms with E-state index in [1.807, 2.05) is 17.0 Å². The first kappa shape index (κ1) is 14.1. The van der Waals surface area contributed by atoms with Gasteiger partial charge in [0.2, 0.25) is 0 Å². The summed E-state index contributed by atoms with van der Waals surface area (Å²) >= 11 is 1.46. The molecule has 0 unspecified atom stereocenters. The van der Waals surface area contributed by atoms with Crippen LogP contribution >= 0.6 is 11.3 Å². The van der Waals surface area contributed by atoms with E-state index in [0.717, 1.165) is 22.6 Å². The summed E-state index contributed by atoms with van der Waals surface area (Å²) < 4.78 is 0. The smallest absolute Gasteiger partial charge is 0.264 e. The van der Waals surface area contributed by atoms with E-state index in [1.165, 1.54) is 17.8 Å². The van der Waals surface area contributed by atoms with Crippen LogP contribution in [0.15, 0.2) is 12.1 Å². The van der Waals surface area contributed by atoms with Crippen LogP contribution in [0.1, 0.15) is 47.7 Å². The lowest BCUT2D eigenvalue weighted by Gasteiger charge is -2.38. The minimum absolute atomic E-state index is 0.144. The molecule has 102 valence electrons. The summed E-state index contributed by atoms with van der Waals surface area (Å²) in [7, 11) is 0. The number of nitrogens with two attached hydrogens (primary N) is 1. The number of thiophene rings is 1. The van der Waals surface area contributed by atoms with Gasteiger partial charge in [-0.25, -0.2) is 0 Å². The molecular formula is C15H20N2OS. The number of carbonyl (C=O) groups is 1. The molecule has 19 heavy (non-hydrogen) atoms. The van der Waals surface area contributed by atoms with Crippen LogP contribution in [0.5, 0.6) is 0 Å². The maximum absolute atomic E-state index is 12.6. The number of carbonyl (C=O) groups excluding carboxylic acids is 1. The van der Waals surface area contributed by atoms with Crippen LogP contribution in [0.2, 0.25) is 0 Å². The molecule has 0 radical (unpaired) electrons. The Bertz CT molecular complexity index is 502. The van der Waals surface area contributed by atoms with Crippen LogP contribution in [0.3, 0.4) is 0 Å². The Balaban J connectivity index is 2.16. The number of hydrogen-bond acceptors (Lipinski definition) is 3. The second kappa shape index (κ2) is 6.23. The third-order valence-corrected chi connectivity index (χ3v) is 4.55. The van der Waals surface area contributed by atoms with Crippen molar-refractivity contribution in [2.45, 2.75) is 45.2 Å². The fourth-order valence-electron chi connectivity index (χ4n) is 2.61. The first-order chi connectivity index (χ1) is 9.13. The lowest BCUT2D eigenvalue weighted by molar-refractivity contribution is 0.0516. The zero-order valence-electron chi connectivity index (χ0n) is 11.5. The van der Waals surface area contributed by atoms with Crippen LogP contribution in [0, 0.1) is 11.8 Å². The third-order valence-electron chi connectivity index (χ3n) is 3.56. The molecule has 1 amide bonds. The highest BCUT2D eigenvalue weighted by atomic mass is 32.1. The number of amides is 1. The Kier molecular flexibility index (Phi) is 4.62. The minimum Gasteiger partial charge on any atom is -0.333 e. The average molecular weight is 276 g/mol. The molecule has 3 nitrogen and oxygen atoms in total. The highest BCUT2D eigenvalue weighted by Crippen LogP contribution is 2.26. The molecule has 0 saturated carbocycles. The van der Waals surface area contributed by atoms with Gasteiger partial charge in [-0.15, -0.1) is 11.3 Å². The lowest BCUT2D eigenvalue weighted by Crippen LogP contribution is -2.47. The van der Waals surface area contributed by atoms with E-state index in [9.17, 15) is 4.79 Å². The second-order valence-corrected chi connectivity index (χ2v) is 6.09. The average Bonchev–Trinajstić information content (AvgIpc) is 2.84. The Hall–Kier alpha value is -1.31. The van der Waals surface area contributed by atoms with Crippen LogP contribution in [-0.2, 0) is 0 Å². The fraction of sp³-hybridized carbons (Fsp3) is 0.533. The summed E-state index contributed by atoms with van der Waals surface area (Å²) in [5.41, 5.74) is 5.35. The van der Waals surface area contributed by atoms with E-state index >= 15 is 0 Å². The molecule has 1 aliphatic heterocycles. The largest absolute Gasteiger partial charge is 0.333 e. The van der Waals surface area contributed by atoms with Gasteiger partial charge in [0.25, 0.3) is 5.91 Å². The van der Waals surface area contributed by atoms with Crippen molar-refractivity contribution in [3.05, 3.63) is 21.9 Å². The van der Waals surface area contributed by atoms with Crippen LogP contribution in [0.4, 0.5) is 0 Å². The predicted molar refractivity (Wildman–Crippen MR) is 79.2 cm³/mol. The zero-order chi connectivity index (χ0) is 13.8. The standard InChI is InChI=1S/C15H20N2OS/c1-11-5-3-6-12(2)17(11)15(18)14-9-8-13(19-14)7-4-10-16/h8-9,11-12H,3,5-6,10,16H2,1-2H3/t11-,12+. The van der Waals surface area contributed by atoms with Crippen molar-refractivity contribution in [3.63, 3.8) is 0 Å². The zero-order valence-corrected chi connectivity index (χ0v) is 12.3. The van der Waals surface area contributed by atoms with E-state index in [2.05, 4.69) is 25.7 Å². The molecule has 4 heteroatoms. The first-order valence-corrected chi connectivity index (χ1v) is 7.56. The predicted octanol–water partition coefficient (Wildman–Crippen LogP) is 2.46. The van der Waals surface area contributed by atoms with Crippen molar-refractivity contribution in [3.8, 4) is 11.8 Å². The van der Waals surface area contributed by atoms with Gasteiger partial charge in [0, 0.05) is 12.1 Å². The van der Waals surface area contributed by atoms with Crippen LogP contribution in [0.25, 0.3) is 0 Å². The van der Waals surface area contributed by atoms with Crippen molar-refractivity contribution in [2.24, 2.45) is 5.73 Å². The number of likely N-dealkylation sites (tertiary alicyclic amines) is 1. The van der Waals surface area contributed by atoms with E-state index in [-0.39, 0.29) is 5.91 Å². The Morgan fingerprint density at radius 2 is 2.11 bits per heavy atom. The summed E-state index contributed by atoms with van der Waals surface area (Å²) in [4.78, 5) is 16.3. The molecule has 1 aromatic rings. The first-order valence-electron chi connectivity index (χ1n) is 6.75. The molecule has 2 heterocycles. The van der Waals surface area contributed by atoms with Crippen molar-refractivity contribution >= 4 is 17.2 Å². The quantitative estimate of drug-likeness (QED) is 0.801. The van der Waals surface area contributed by atoms with Gasteiger partial charge in [-0.05, 0) is 45.2 Å². The summed E-state index contributed by atoms with van der Waals surface area (Å²) in [6.45, 7) is 4.62. The molecule has 0 aliphatic carbocycles. The highest BCUT2D eigenvalue weighted by molar-refractivity contribution is 7.14. The van der Waals surface area contributed by atoms with Crippen molar-refractivity contribution < 1.29 is 4.79 Å². The van der Waals surface area contributed by atoms with Gasteiger partial charge in [-0.3, -0.25) is 4.79 Å². The van der Waals surface area contributed by atoms with Gasteiger partial charge in [0.15, 0.2) is 0 Å². The molecule has 2 rings (SSSR count). The Morgan fingerprint density at radius 3 is 2.74 bits per heavy atom. The monoisotopic (exact) mass is 276 g/mol.